The summed E-state index contributed by atoms with van der Waals surface area (Å²) < 4.78 is 27.2. The van der Waals surface area contributed by atoms with Gasteiger partial charge < -0.3 is 5.32 Å². The summed E-state index contributed by atoms with van der Waals surface area (Å²) in [6.45, 7) is 10.6. The molecule has 120 valence electrons. The van der Waals surface area contributed by atoms with Crippen LogP contribution in [0.2, 0.25) is 0 Å². The molecule has 0 spiro atoms. The fraction of sp³-hybridized carbons (Fsp3) is 0.625. The van der Waals surface area contributed by atoms with Gasteiger partial charge >= 0.3 is 0 Å². The molecule has 0 saturated heterocycles. The van der Waals surface area contributed by atoms with E-state index in [-0.39, 0.29) is 12.0 Å². The highest BCUT2D eigenvalue weighted by atomic mass is 32.2. The summed E-state index contributed by atoms with van der Waals surface area (Å²) in [7, 11) is -1.81. The van der Waals surface area contributed by atoms with Crippen molar-refractivity contribution >= 4 is 10.0 Å². The molecule has 4 nitrogen and oxygen atoms in total. The summed E-state index contributed by atoms with van der Waals surface area (Å²) >= 11 is 0. The lowest BCUT2D eigenvalue weighted by atomic mass is 10.1. The van der Waals surface area contributed by atoms with E-state index < -0.39 is 10.0 Å². The van der Waals surface area contributed by atoms with E-state index in [1.54, 1.807) is 19.2 Å². The molecule has 0 radical (unpaired) electrons. The zero-order valence-corrected chi connectivity index (χ0v) is 14.7. The molecule has 0 bridgehead atoms. The Morgan fingerprint density at radius 2 is 1.67 bits per heavy atom. The van der Waals surface area contributed by atoms with Gasteiger partial charge in [0.2, 0.25) is 10.0 Å². The molecular weight excluding hydrogens is 284 g/mol. The van der Waals surface area contributed by atoms with Crippen LogP contribution >= 0.6 is 0 Å². The molecule has 0 heterocycles. The van der Waals surface area contributed by atoms with Crippen LogP contribution in [-0.2, 0) is 16.6 Å². The van der Waals surface area contributed by atoms with Crippen LogP contribution in [-0.4, -0.2) is 31.9 Å². The molecule has 1 unspecified atom stereocenters. The number of nitrogens with one attached hydrogen (secondary N) is 1. The standard InChI is InChI=1S/C16H28N2O2S/c1-12(2)14(5)18(6)21(19,20)16-10-8-7-9-15(16)11-17-13(3)4/h7-10,12-14,17H,11H2,1-6H3. The Kier molecular flexibility index (Phi) is 6.38. The van der Waals surface area contributed by atoms with E-state index in [1.165, 1.54) is 4.31 Å². The molecule has 0 saturated carbocycles. The maximum atomic E-state index is 12.8. The van der Waals surface area contributed by atoms with Crippen molar-refractivity contribution < 1.29 is 8.42 Å². The molecular formula is C16H28N2O2S. The number of hydrogen-bond donors (Lipinski definition) is 1. The van der Waals surface area contributed by atoms with Gasteiger partial charge in [0.1, 0.15) is 0 Å². The van der Waals surface area contributed by atoms with Crippen LogP contribution in [0.1, 0.15) is 40.2 Å². The van der Waals surface area contributed by atoms with Gasteiger partial charge in [0.25, 0.3) is 0 Å². The minimum Gasteiger partial charge on any atom is -0.310 e. The van der Waals surface area contributed by atoms with E-state index in [1.807, 2.05) is 46.8 Å². The summed E-state index contributed by atoms with van der Waals surface area (Å²) in [6.07, 6.45) is 0. The number of nitrogens with zero attached hydrogens (tertiary/aromatic N) is 1. The predicted octanol–water partition coefficient (Wildman–Crippen LogP) is 2.85. The van der Waals surface area contributed by atoms with E-state index in [0.717, 1.165) is 5.56 Å². The van der Waals surface area contributed by atoms with Gasteiger partial charge in [-0.1, -0.05) is 45.9 Å². The third-order valence-corrected chi connectivity index (χ3v) is 5.91. The first-order chi connectivity index (χ1) is 9.67. The lowest BCUT2D eigenvalue weighted by molar-refractivity contribution is 0.315. The molecule has 1 rings (SSSR count). The van der Waals surface area contributed by atoms with Crippen LogP contribution in [0, 0.1) is 5.92 Å². The van der Waals surface area contributed by atoms with Crippen LogP contribution in [0.5, 0.6) is 0 Å². The second kappa shape index (κ2) is 7.38. The van der Waals surface area contributed by atoms with Gasteiger partial charge in [0.05, 0.1) is 4.90 Å². The van der Waals surface area contributed by atoms with Crippen LogP contribution in [0.4, 0.5) is 0 Å². The van der Waals surface area contributed by atoms with Gasteiger partial charge in [-0.15, -0.1) is 0 Å². The minimum absolute atomic E-state index is 0.0406. The summed E-state index contributed by atoms with van der Waals surface area (Å²) in [5.74, 6) is 0.269. The predicted molar refractivity (Wildman–Crippen MR) is 87.7 cm³/mol. The van der Waals surface area contributed by atoms with Crippen LogP contribution in [0.25, 0.3) is 0 Å². The molecule has 1 N–H and O–H groups in total. The minimum atomic E-state index is -3.47. The van der Waals surface area contributed by atoms with E-state index >= 15 is 0 Å². The molecule has 5 heteroatoms. The third kappa shape index (κ3) is 4.53. The summed E-state index contributed by atoms with van der Waals surface area (Å²) in [5, 5.41) is 3.28. The normalized spacial score (nSPS) is 14.1. The van der Waals surface area contributed by atoms with Gasteiger partial charge in [0, 0.05) is 25.7 Å². The van der Waals surface area contributed by atoms with E-state index in [0.29, 0.717) is 17.5 Å². The summed E-state index contributed by atoms with van der Waals surface area (Å²) in [5.41, 5.74) is 0.814. The molecule has 0 amide bonds. The molecule has 0 aliphatic carbocycles. The quantitative estimate of drug-likeness (QED) is 0.842. The molecule has 1 aromatic carbocycles. The maximum absolute atomic E-state index is 12.8. The van der Waals surface area contributed by atoms with Crippen molar-refractivity contribution in [1.29, 1.82) is 0 Å². The Labute approximate surface area is 129 Å². The van der Waals surface area contributed by atoms with Crippen molar-refractivity contribution in [2.24, 2.45) is 5.92 Å². The Morgan fingerprint density at radius 1 is 1.10 bits per heavy atom. The molecule has 0 fully saturated rings. The fourth-order valence-electron chi connectivity index (χ4n) is 2.01. The molecule has 21 heavy (non-hydrogen) atoms. The smallest absolute Gasteiger partial charge is 0.243 e. The van der Waals surface area contributed by atoms with Gasteiger partial charge in [-0.3, -0.25) is 0 Å². The number of benzene rings is 1. The van der Waals surface area contributed by atoms with Crippen molar-refractivity contribution in [2.45, 2.75) is 58.1 Å². The van der Waals surface area contributed by atoms with Crippen molar-refractivity contribution in [3.63, 3.8) is 0 Å². The Morgan fingerprint density at radius 3 is 2.19 bits per heavy atom. The van der Waals surface area contributed by atoms with Crippen molar-refractivity contribution in [1.82, 2.24) is 9.62 Å². The molecule has 1 atom stereocenters. The number of rotatable bonds is 7. The fourth-order valence-corrected chi connectivity index (χ4v) is 3.72. The first-order valence-electron chi connectivity index (χ1n) is 7.47. The van der Waals surface area contributed by atoms with Crippen LogP contribution < -0.4 is 5.32 Å². The largest absolute Gasteiger partial charge is 0.310 e. The second-order valence-electron chi connectivity index (χ2n) is 6.15. The third-order valence-electron chi connectivity index (χ3n) is 3.87. The highest BCUT2D eigenvalue weighted by molar-refractivity contribution is 7.89. The zero-order chi connectivity index (χ0) is 16.2. The Balaban J connectivity index is 3.14. The van der Waals surface area contributed by atoms with Crippen molar-refractivity contribution in [3.05, 3.63) is 29.8 Å². The second-order valence-corrected chi connectivity index (χ2v) is 8.12. The summed E-state index contributed by atoms with van der Waals surface area (Å²) in [6, 6.07) is 7.49. The average Bonchev–Trinajstić information content (AvgIpc) is 2.43. The molecule has 0 aliphatic rings. The lowest BCUT2D eigenvalue weighted by Crippen LogP contribution is -2.38. The molecule has 0 aliphatic heterocycles. The van der Waals surface area contributed by atoms with E-state index in [4.69, 9.17) is 0 Å². The zero-order valence-electron chi connectivity index (χ0n) is 13.9. The van der Waals surface area contributed by atoms with E-state index in [9.17, 15) is 8.42 Å². The Hall–Kier alpha value is -0.910. The number of hydrogen-bond acceptors (Lipinski definition) is 3. The number of sulfonamides is 1. The van der Waals surface area contributed by atoms with Gasteiger partial charge in [-0.2, -0.15) is 4.31 Å². The van der Waals surface area contributed by atoms with Crippen LogP contribution in [0.15, 0.2) is 29.2 Å². The topological polar surface area (TPSA) is 49.4 Å². The van der Waals surface area contributed by atoms with Gasteiger partial charge in [0.15, 0.2) is 0 Å². The average molecular weight is 312 g/mol. The van der Waals surface area contributed by atoms with Gasteiger partial charge in [-0.05, 0) is 24.5 Å². The molecule has 0 aromatic heterocycles. The highest BCUT2D eigenvalue weighted by Gasteiger charge is 2.28. The van der Waals surface area contributed by atoms with Crippen LogP contribution in [0.3, 0.4) is 0 Å². The summed E-state index contributed by atoms with van der Waals surface area (Å²) in [4.78, 5) is 0.396. The maximum Gasteiger partial charge on any atom is 0.243 e. The van der Waals surface area contributed by atoms with Gasteiger partial charge in [-0.25, -0.2) is 8.42 Å². The molecule has 1 aromatic rings. The SMILES string of the molecule is CC(C)NCc1ccccc1S(=O)(=O)N(C)C(C)C(C)C. The first kappa shape index (κ1) is 18.1. The monoisotopic (exact) mass is 312 g/mol. The first-order valence-corrected chi connectivity index (χ1v) is 8.91. The van der Waals surface area contributed by atoms with Crippen molar-refractivity contribution in [2.75, 3.05) is 7.05 Å². The Bertz CT molecular complexity index is 553. The lowest BCUT2D eigenvalue weighted by Gasteiger charge is -2.28. The van der Waals surface area contributed by atoms with Crippen molar-refractivity contribution in [3.8, 4) is 0 Å². The van der Waals surface area contributed by atoms with E-state index in [2.05, 4.69) is 5.32 Å². The highest BCUT2D eigenvalue weighted by Crippen LogP contribution is 2.23.